The summed E-state index contributed by atoms with van der Waals surface area (Å²) in [4.78, 5) is 11.5. The number of aryl methyl sites for hydroxylation is 2. The number of carbonyl (C=O) groups is 1. The monoisotopic (exact) mass is 234 g/mol. The van der Waals surface area contributed by atoms with Crippen molar-refractivity contribution in [3.8, 4) is 5.75 Å². The van der Waals surface area contributed by atoms with Crippen LogP contribution in [0.1, 0.15) is 31.9 Å². The molecule has 0 spiro atoms. The summed E-state index contributed by atoms with van der Waals surface area (Å²) in [5.74, 6) is 0.412. The fourth-order valence-corrected chi connectivity index (χ4v) is 1.77. The predicted molar refractivity (Wildman–Crippen MR) is 65.2 cm³/mol. The summed E-state index contributed by atoms with van der Waals surface area (Å²) in [6, 6.07) is 5.97. The Hall–Kier alpha value is -1.51. The van der Waals surface area contributed by atoms with Crippen molar-refractivity contribution in [2.45, 2.75) is 39.2 Å². The molecule has 1 aromatic rings. The van der Waals surface area contributed by atoms with Gasteiger partial charge in [-0.05, 0) is 56.9 Å². The van der Waals surface area contributed by atoms with Crippen LogP contribution in [0.4, 0.5) is 0 Å². The maximum absolute atomic E-state index is 11.5. The van der Waals surface area contributed by atoms with Crippen LogP contribution in [-0.4, -0.2) is 18.2 Å². The van der Waals surface area contributed by atoms with Gasteiger partial charge >= 0.3 is 5.97 Å². The minimum absolute atomic E-state index is 0.0317. The molecule has 0 amide bonds. The first-order chi connectivity index (χ1) is 7.94. The zero-order valence-corrected chi connectivity index (χ0v) is 10.6. The summed E-state index contributed by atoms with van der Waals surface area (Å²) in [5.41, 5.74) is 2.25. The summed E-state index contributed by atoms with van der Waals surface area (Å²) >= 11 is 0. The van der Waals surface area contributed by atoms with Crippen molar-refractivity contribution in [1.29, 1.82) is 0 Å². The van der Waals surface area contributed by atoms with Gasteiger partial charge in [0.1, 0.15) is 11.4 Å². The van der Waals surface area contributed by atoms with Gasteiger partial charge in [-0.3, -0.25) is 0 Å². The van der Waals surface area contributed by atoms with Crippen LogP contribution in [0, 0.1) is 0 Å². The first-order valence-electron chi connectivity index (χ1n) is 5.90. The Labute approximate surface area is 102 Å². The van der Waals surface area contributed by atoms with Gasteiger partial charge in [-0.25, -0.2) is 4.79 Å². The molecule has 0 saturated heterocycles. The van der Waals surface area contributed by atoms with Crippen LogP contribution in [0.5, 0.6) is 5.75 Å². The van der Waals surface area contributed by atoms with Crippen molar-refractivity contribution < 1.29 is 14.3 Å². The summed E-state index contributed by atoms with van der Waals surface area (Å²) in [6.45, 7) is 5.50. The molecule has 0 saturated carbocycles. The Morgan fingerprint density at radius 1 is 1.24 bits per heavy atom. The smallest absolute Gasteiger partial charge is 0.344 e. The van der Waals surface area contributed by atoms with Crippen LogP contribution in [0.3, 0.4) is 0 Å². The second-order valence-corrected chi connectivity index (χ2v) is 5.31. The number of carbonyl (C=O) groups excluding carboxylic acids is 1. The fourth-order valence-electron chi connectivity index (χ4n) is 1.77. The minimum atomic E-state index is -0.457. The van der Waals surface area contributed by atoms with Crippen LogP contribution >= 0.6 is 0 Å². The van der Waals surface area contributed by atoms with E-state index in [1.54, 1.807) is 0 Å². The third-order valence-corrected chi connectivity index (χ3v) is 2.62. The van der Waals surface area contributed by atoms with Gasteiger partial charge in [0.2, 0.25) is 0 Å². The van der Waals surface area contributed by atoms with Gasteiger partial charge < -0.3 is 9.47 Å². The Bertz CT molecular complexity index is 430. The van der Waals surface area contributed by atoms with Gasteiger partial charge in [-0.1, -0.05) is 6.07 Å². The Morgan fingerprint density at radius 3 is 2.47 bits per heavy atom. The quantitative estimate of drug-likeness (QED) is 0.754. The van der Waals surface area contributed by atoms with Crippen molar-refractivity contribution in [3.63, 3.8) is 0 Å². The van der Waals surface area contributed by atoms with Crippen LogP contribution < -0.4 is 4.74 Å². The molecule has 1 aromatic carbocycles. The van der Waals surface area contributed by atoms with Gasteiger partial charge in [0.25, 0.3) is 0 Å². The van der Waals surface area contributed by atoms with E-state index in [2.05, 4.69) is 6.07 Å². The second kappa shape index (κ2) is 4.40. The molecule has 0 unspecified atom stereocenters. The predicted octanol–water partition coefficient (Wildman–Crippen LogP) is 2.51. The number of rotatable bonds is 3. The largest absolute Gasteiger partial charge is 0.482 e. The first-order valence-corrected chi connectivity index (χ1v) is 5.90. The SMILES string of the molecule is CC(C)(C)OC(=O)COc1ccc2c(c1)CC2. The molecule has 0 heterocycles. The normalized spacial score (nSPS) is 13.6. The summed E-state index contributed by atoms with van der Waals surface area (Å²) in [6.07, 6.45) is 2.26. The molecule has 1 aliphatic carbocycles. The lowest BCUT2D eigenvalue weighted by molar-refractivity contribution is -0.157. The van der Waals surface area contributed by atoms with Gasteiger partial charge in [-0.15, -0.1) is 0 Å². The number of esters is 1. The maximum Gasteiger partial charge on any atom is 0.344 e. The maximum atomic E-state index is 11.5. The number of fused-ring (bicyclic) bond motifs is 1. The van der Waals surface area contributed by atoms with E-state index in [0.717, 1.165) is 18.6 Å². The Morgan fingerprint density at radius 2 is 1.94 bits per heavy atom. The summed E-state index contributed by atoms with van der Waals surface area (Å²) in [5, 5.41) is 0. The topological polar surface area (TPSA) is 35.5 Å². The first kappa shape index (κ1) is 12.0. The van der Waals surface area contributed by atoms with Gasteiger partial charge in [0, 0.05) is 0 Å². The van der Waals surface area contributed by atoms with Crippen LogP contribution in [-0.2, 0) is 22.4 Å². The van der Waals surface area contributed by atoms with E-state index in [4.69, 9.17) is 9.47 Å². The Kier molecular flexibility index (Phi) is 3.09. The van der Waals surface area contributed by atoms with Crippen molar-refractivity contribution in [3.05, 3.63) is 29.3 Å². The van der Waals surface area contributed by atoms with E-state index in [1.165, 1.54) is 11.1 Å². The average molecular weight is 234 g/mol. The van der Waals surface area contributed by atoms with E-state index in [0.29, 0.717) is 0 Å². The van der Waals surface area contributed by atoms with Gasteiger partial charge in [0.05, 0.1) is 0 Å². The number of hydrogen-bond acceptors (Lipinski definition) is 3. The third-order valence-electron chi connectivity index (χ3n) is 2.62. The summed E-state index contributed by atoms with van der Waals surface area (Å²) in [7, 11) is 0. The zero-order valence-electron chi connectivity index (χ0n) is 10.6. The summed E-state index contributed by atoms with van der Waals surface area (Å²) < 4.78 is 10.6. The standard InChI is InChI=1S/C14H18O3/c1-14(2,3)17-13(15)9-16-12-7-6-10-4-5-11(10)8-12/h6-8H,4-5,9H2,1-3H3. The third kappa shape index (κ3) is 3.22. The molecule has 3 nitrogen and oxygen atoms in total. The van der Waals surface area contributed by atoms with Crippen molar-refractivity contribution >= 4 is 5.97 Å². The molecule has 0 fully saturated rings. The second-order valence-electron chi connectivity index (χ2n) is 5.31. The van der Waals surface area contributed by atoms with E-state index in [1.807, 2.05) is 32.9 Å². The molecule has 3 heteroatoms. The highest BCUT2D eigenvalue weighted by Crippen LogP contribution is 2.26. The average Bonchev–Trinajstić information content (AvgIpc) is 2.15. The molecular weight excluding hydrogens is 216 g/mol. The van der Waals surface area contributed by atoms with Crippen molar-refractivity contribution in [2.75, 3.05) is 6.61 Å². The molecule has 0 radical (unpaired) electrons. The van der Waals surface area contributed by atoms with E-state index < -0.39 is 5.60 Å². The highest BCUT2D eigenvalue weighted by atomic mass is 16.6. The molecule has 0 atom stereocenters. The molecule has 2 rings (SSSR count). The highest BCUT2D eigenvalue weighted by Gasteiger charge is 2.17. The van der Waals surface area contributed by atoms with E-state index >= 15 is 0 Å². The highest BCUT2D eigenvalue weighted by molar-refractivity contribution is 5.71. The van der Waals surface area contributed by atoms with Crippen molar-refractivity contribution in [1.82, 2.24) is 0 Å². The molecule has 1 aliphatic rings. The number of hydrogen-bond donors (Lipinski definition) is 0. The van der Waals surface area contributed by atoms with Gasteiger partial charge in [0.15, 0.2) is 6.61 Å². The molecule has 0 aliphatic heterocycles. The minimum Gasteiger partial charge on any atom is -0.482 e. The van der Waals surface area contributed by atoms with Crippen LogP contribution in [0.15, 0.2) is 18.2 Å². The molecule has 0 aromatic heterocycles. The number of benzene rings is 1. The van der Waals surface area contributed by atoms with Gasteiger partial charge in [-0.2, -0.15) is 0 Å². The molecule has 92 valence electrons. The van der Waals surface area contributed by atoms with Crippen LogP contribution in [0.25, 0.3) is 0 Å². The Balaban J connectivity index is 1.85. The fraction of sp³-hybridized carbons (Fsp3) is 0.500. The molecular formula is C14H18O3. The van der Waals surface area contributed by atoms with Crippen molar-refractivity contribution in [2.24, 2.45) is 0 Å². The zero-order chi connectivity index (χ0) is 12.5. The lowest BCUT2D eigenvalue weighted by atomic mass is 9.89. The molecule has 17 heavy (non-hydrogen) atoms. The molecule has 0 bridgehead atoms. The van der Waals surface area contributed by atoms with E-state index in [-0.39, 0.29) is 12.6 Å². The molecule has 0 N–H and O–H groups in total. The number of ether oxygens (including phenoxy) is 2. The van der Waals surface area contributed by atoms with Crippen LogP contribution in [0.2, 0.25) is 0 Å². The lowest BCUT2D eigenvalue weighted by Gasteiger charge is -2.21. The van der Waals surface area contributed by atoms with E-state index in [9.17, 15) is 4.79 Å². The lowest BCUT2D eigenvalue weighted by Crippen LogP contribution is -2.27.